The highest BCUT2D eigenvalue weighted by Gasteiger charge is 2.17. The van der Waals surface area contributed by atoms with Crippen molar-refractivity contribution in [2.24, 2.45) is 0 Å². The van der Waals surface area contributed by atoms with E-state index in [1.165, 1.54) is 37.7 Å². The molecule has 1 saturated carbocycles. The number of hydrogen-bond acceptors (Lipinski definition) is 4. The summed E-state index contributed by atoms with van der Waals surface area (Å²) in [6, 6.07) is 11.1. The quantitative estimate of drug-likeness (QED) is 0.811. The maximum Gasteiger partial charge on any atom is 0.225 e. The van der Waals surface area contributed by atoms with Crippen molar-refractivity contribution in [1.29, 1.82) is 0 Å². The van der Waals surface area contributed by atoms with E-state index in [1.807, 2.05) is 6.07 Å². The maximum absolute atomic E-state index is 4.76. The van der Waals surface area contributed by atoms with Crippen LogP contribution in [-0.2, 0) is 0 Å². The molecule has 128 valence electrons. The van der Waals surface area contributed by atoms with Gasteiger partial charge < -0.3 is 10.6 Å². The van der Waals surface area contributed by atoms with Crippen molar-refractivity contribution in [2.45, 2.75) is 65.0 Å². The second-order valence-electron chi connectivity index (χ2n) is 6.86. The topological polar surface area (TPSA) is 49.8 Å². The molecule has 4 heteroatoms. The molecule has 2 aromatic rings. The molecule has 0 saturated heterocycles. The lowest BCUT2D eigenvalue weighted by atomic mass is 9.95. The highest BCUT2D eigenvalue weighted by molar-refractivity contribution is 5.50. The van der Waals surface area contributed by atoms with Crippen molar-refractivity contribution in [3.05, 3.63) is 47.2 Å². The van der Waals surface area contributed by atoms with Crippen LogP contribution in [0.5, 0.6) is 0 Å². The fraction of sp³-hybridized carbons (Fsp3) is 0.500. The number of benzene rings is 1. The number of nitrogens with zero attached hydrogens (tertiary/aromatic N) is 2. The van der Waals surface area contributed by atoms with Crippen LogP contribution in [0.1, 0.15) is 61.9 Å². The van der Waals surface area contributed by atoms with E-state index in [0.717, 1.165) is 17.1 Å². The third-order valence-corrected chi connectivity index (χ3v) is 4.98. The first-order valence-electron chi connectivity index (χ1n) is 9.06. The molecule has 0 bridgehead atoms. The Bertz CT molecular complexity index is 663. The third kappa shape index (κ3) is 4.05. The smallest absolute Gasteiger partial charge is 0.225 e. The van der Waals surface area contributed by atoms with Gasteiger partial charge in [-0.2, -0.15) is 4.98 Å². The van der Waals surface area contributed by atoms with E-state index in [4.69, 9.17) is 4.98 Å². The Hall–Kier alpha value is -2.10. The normalized spacial score (nSPS) is 16.6. The lowest BCUT2D eigenvalue weighted by molar-refractivity contribution is 0.461. The minimum Gasteiger partial charge on any atom is -0.367 e. The number of hydrogen-bond donors (Lipinski definition) is 2. The van der Waals surface area contributed by atoms with Gasteiger partial charge in [-0.25, -0.2) is 4.98 Å². The number of rotatable bonds is 5. The Labute approximate surface area is 145 Å². The van der Waals surface area contributed by atoms with Crippen LogP contribution in [0.15, 0.2) is 30.3 Å². The second-order valence-corrected chi connectivity index (χ2v) is 6.86. The first kappa shape index (κ1) is 16.7. The van der Waals surface area contributed by atoms with E-state index in [2.05, 4.69) is 60.7 Å². The van der Waals surface area contributed by atoms with Gasteiger partial charge in [-0.05, 0) is 39.2 Å². The largest absolute Gasteiger partial charge is 0.367 e. The standard InChI is InChI=1S/C20H28N4/c1-14-15(2)21-20(22-16(3)17-10-6-4-7-11-17)24-19(14)23-18-12-8-5-9-13-18/h4,6-7,10-11,16,18H,5,8-9,12-13H2,1-3H3,(H2,21,22,23,24)/t16-/m0/s1. The summed E-state index contributed by atoms with van der Waals surface area (Å²) in [4.78, 5) is 9.39. The number of aromatic nitrogens is 2. The van der Waals surface area contributed by atoms with E-state index in [9.17, 15) is 0 Å². The lowest BCUT2D eigenvalue weighted by Crippen LogP contribution is -2.24. The van der Waals surface area contributed by atoms with Gasteiger partial charge in [0.15, 0.2) is 0 Å². The molecule has 0 amide bonds. The summed E-state index contributed by atoms with van der Waals surface area (Å²) in [6.45, 7) is 6.30. The van der Waals surface area contributed by atoms with Gasteiger partial charge in [-0.3, -0.25) is 0 Å². The van der Waals surface area contributed by atoms with Crippen molar-refractivity contribution >= 4 is 11.8 Å². The number of anilines is 2. The molecule has 1 fully saturated rings. The van der Waals surface area contributed by atoms with Crippen LogP contribution in [0.3, 0.4) is 0 Å². The molecule has 1 aromatic heterocycles. The van der Waals surface area contributed by atoms with Crippen LogP contribution in [0.2, 0.25) is 0 Å². The average molecular weight is 324 g/mol. The van der Waals surface area contributed by atoms with E-state index in [-0.39, 0.29) is 6.04 Å². The Morgan fingerprint density at radius 1 is 1.00 bits per heavy atom. The van der Waals surface area contributed by atoms with E-state index < -0.39 is 0 Å². The van der Waals surface area contributed by atoms with Crippen LogP contribution < -0.4 is 10.6 Å². The second kappa shape index (κ2) is 7.65. The summed E-state index contributed by atoms with van der Waals surface area (Å²) in [5, 5.41) is 7.09. The lowest BCUT2D eigenvalue weighted by Gasteiger charge is -2.25. The summed E-state index contributed by atoms with van der Waals surface area (Å²) >= 11 is 0. The summed E-state index contributed by atoms with van der Waals surface area (Å²) in [6.07, 6.45) is 6.48. The fourth-order valence-corrected chi connectivity index (χ4v) is 3.29. The first-order valence-corrected chi connectivity index (χ1v) is 9.06. The minimum atomic E-state index is 0.177. The molecule has 4 nitrogen and oxygen atoms in total. The number of nitrogens with one attached hydrogen (secondary N) is 2. The Morgan fingerprint density at radius 2 is 1.71 bits per heavy atom. The van der Waals surface area contributed by atoms with Crippen LogP contribution in [0, 0.1) is 13.8 Å². The molecule has 1 heterocycles. The van der Waals surface area contributed by atoms with Gasteiger partial charge in [-0.1, -0.05) is 49.6 Å². The molecule has 2 N–H and O–H groups in total. The van der Waals surface area contributed by atoms with E-state index >= 15 is 0 Å². The van der Waals surface area contributed by atoms with E-state index in [0.29, 0.717) is 12.0 Å². The van der Waals surface area contributed by atoms with Crippen LogP contribution in [0.4, 0.5) is 11.8 Å². The molecule has 24 heavy (non-hydrogen) atoms. The zero-order chi connectivity index (χ0) is 16.9. The monoisotopic (exact) mass is 324 g/mol. The Kier molecular flexibility index (Phi) is 5.34. The van der Waals surface area contributed by atoms with Gasteiger partial charge in [0.25, 0.3) is 0 Å². The van der Waals surface area contributed by atoms with Gasteiger partial charge in [0.1, 0.15) is 5.82 Å². The van der Waals surface area contributed by atoms with Crippen LogP contribution in [-0.4, -0.2) is 16.0 Å². The highest BCUT2D eigenvalue weighted by Crippen LogP contribution is 2.25. The predicted octanol–water partition coefficient (Wildman–Crippen LogP) is 5.01. The molecule has 0 spiro atoms. The van der Waals surface area contributed by atoms with Crippen LogP contribution >= 0.6 is 0 Å². The summed E-state index contributed by atoms with van der Waals surface area (Å²) in [7, 11) is 0. The average Bonchev–Trinajstić information content (AvgIpc) is 2.61. The molecular formula is C20H28N4. The van der Waals surface area contributed by atoms with Crippen molar-refractivity contribution in [3.63, 3.8) is 0 Å². The molecule has 3 rings (SSSR count). The van der Waals surface area contributed by atoms with Crippen molar-refractivity contribution in [2.75, 3.05) is 10.6 Å². The SMILES string of the molecule is Cc1nc(N[C@@H](C)c2ccccc2)nc(NC2CCCCC2)c1C. The van der Waals surface area contributed by atoms with Gasteiger partial charge in [0, 0.05) is 17.3 Å². The zero-order valence-electron chi connectivity index (χ0n) is 15.0. The molecule has 1 atom stereocenters. The molecule has 1 aliphatic rings. The Morgan fingerprint density at radius 3 is 2.42 bits per heavy atom. The third-order valence-electron chi connectivity index (χ3n) is 4.98. The van der Waals surface area contributed by atoms with Gasteiger partial charge in [-0.15, -0.1) is 0 Å². The van der Waals surface area contributed by atoms with Crippen LogP contribution in [0.25, 0.3) is 0 Å². The van der Waals surface area contributed by atoms with Crippen molar-refractivity contribution < 1.29 is 0 Å². The van der Waals surface area contributed by atoms with Gasteiger partial charge >= 0.3 is 0 Å². The first-order chi connectivity index (χ1) is 11.6. The molecule has 0 aliphatic heterocycles. The molecule has 0 unspecified atom stereocenters. The summed E-state index contributed by atoms with van der Waals surface area (Å²) in [5.41, 5.74) is 3.42. The molecular weight excluding hydrogens is 296 g/mol. The Balaban J connectivity index is 1.76. The van der Waals surface area contributed by atoms with Gasteiger partial charge in [0.2, 0.25) is 5.95 Å². The molecule has 1 aliphatic carbocycles. The van der Waals surface area contributed by atoms with E-state index in [1.54, 1.807) is 0 Å². The fourth-order valence-electron chi connectivity index (χ4n) is 3.29. The molecule has 1 aromatic carbocycles. The van der Waals surface area contributed by atoms with Gasteiger partial charge in [0.05, 0.1) is 6.04 Å². The summed E-state index contributed by atoms with van der Waals surface area (Å²) < 4.78 is 0. The maximum atomic E-state index is 4.76. The zero-order valence-corrected chi connectivity index (χ0v) is 15.0. The number of aryl methyl sites for hydroxylation is 1. The van der Waals surface area contributed by atoms with Crippen molar-refractivity contribution in [3.8, 4) is 0 Å². The minimum absolute atomic E-state index is 0.177. The van der Waals surface area contributed by atoms with Crippen molar-refractivity contribution in [1.82, 2.24) is 9.97 Å². The predicted molar refractivity (Wildman–Crippen MR) is 100 cm³/mol. The summed E-state index contributed by atoms with van der Waals surface area (Å²) in [5.74, 6) is 1.69. The molecule has 0 radical (unpaired) electrons. The highest BCUT2D eigenvalue weighted by atomic mass is 15.2.